The van der Waals surface area contributed by atoms with E-state index in [4.69, 9.17) is 0 Å². The van der Waals surface area contributed by atoms with E-state index in [2.05, 4.69) is 10.2 Å². The third-order valence-electron chi connectivity index (χ3n) is 5.60. The maximum absolute atomic E-state index is 13.4. The Morgan fingerprint density at radius 1 is 0.906 bits per heavy atom. The molecule has 7 heteroatoms. The lowest BCUT2D eigenvalue weighted by Crippen LogP contribution is -2.51. The Balaban J connectivity index is 1.50. The Kier molecular flexibility index (Phi) is 6.78. The number of anilines is 1. The summed E-state index contributed by atoms with van der Waals surface area (Å²) in [5.74, 6) is -0.163. The van der Waals surface area contributed by atoms with Crippen LogP contribution in [0.25, 0.3) is 0 Å². The molecule has 1 N–H and O–H groups in total. The first-order valence-corrected chi connectivity index (χ1v) is 11.4. The van der Waals surface area contributed by atoms with Gasteiger partial charge in [-0.2, -0.15) is 0 Å². The van der Waals surface area contributed by atoms with Gasteiger partial charge in [0.2, 0.25) is 5.91 Å². The van der Waals surface area contributed by atoms with Crippen LogP contribution in [-0.2, 0) is 4.79 Å². The number of nitrogens with one attached hydrogen (secondary N) is 1. The lowest BCUT2D eigenvalue weighted by atomic mass is 10.0. The standard InChI is InChI=1S/C25H25N3O3S/c1-18(29)20-9-5-10-21(17-20)26-24(30)23(19-7-3-2-4-8-19)27-12-14-28(15-13-27)25(31)22-11-6-16-32-22/h2-11,16-17,23H,12-15H2,1H3,(H,26,30). The molecular formula is C25H25N3O3S. The number of hydrogen-bond donors (Lipinski definition) is 1. The lowest BCUT2D eigenvalue weighted by molar-refractivity contribution is -0.122. The second kappa shape index (κ2) is 9.89. The number of ketones is 1. The number of hydrogen-bond acceptors (Lipinski definition) is 5. The number of nitrogens with zero attached hydrogens (tertiary/aromatic N) is 2. The van der Waals surface area contributed by atoms with Crippen LogP contribution in [-0.4, -0.2) is 53.6 Å². The van der Waals surface area contributed by atoms with E-state index in [1.165, 1.54) is 18.3 Å². The van der Waals surface area contributed by atoms with Gasteiger partial charge in [-0.3, -0.25) is 19.3 Å². The summed E-state index contributed by atoms with van der Waals surface area (Å²) >= 11 is 1.44. The fourth-order valence-corrected chi connectivity index (χ4v) is 4.62. The number of carbonyl (C=O) groups excluding carboxylic acids is 3. The molecule has 2 heterocycles. The van der Waals surface area contributed by atoms with Crippen LogP contribution in [0, 0.1) is 0 Å². The van der Waals surface area contributed by atoms with Crippen molar-refractivity contribution < 1.29 is 14.4 Å². The Labute approximate surface area is 191 Å². The minimum Gasteiger partial charge on any atom is -0.335 e. The van der Waals surface area contributed by atoms with Gasteiger partial charge in [0.1, 0.15) is 6.04 Å². The van der Waals surface area contributed by atoms with Crippen molar-refractivity contribution in [3.63, 3.8) is 0 Å². The molecule has 1 aliphatic rings. The molecule has 6 nitrogen and oxygen atoms in total. The summed E-state index contributed by atoms with van der Waals surface area (Å²) in [6.45, 7) is 3.82. The molecule has 1 unspecified atom stereocenters. The van der Waals surface area contributed by atoms with Crippen LogP contribution in [0.5, 0.6) is 0 Å². The molecule has 32 heavy (non-hydrogen) atoms. The van der Waals surface area contributed by atoms with Crippen LogP contribution in [0.2, 0.25) is 0 Å². The molecule has 1 fully saturated rings. The maximum atomic E-state index is 13.4. The third kappa shape index (κ3) is 4.95. The van der Waals surface area contributed by atoms with Gasteiger partial charge in [-0.1, -0.05) is 48.5 Å². The number of amides is 2. The van der Waals surface area contributed by atoms with Gasteiger partial charge in [0.05, 0.1) is 4.88 Å². The predicted molar refractivity (Wildman–Crippen MR) is 126 cm³/mol. The molecule has 0 aliphatic carbocycles. The molecule has 0 saturated carbocycles. The fraction of sp³-hybridized carbons (Fsp3) is 0.240. The number of rotatable bonds is 6. The van der Waals surface area contributed by atoms with Crippen LogP contribution in [0.4, 0.5) is 5.69 Å². The molecule has 2 amide bonds. The van der Waals surface area contributed by atoms with E-state index in [1.807, 2.05) is 52.7 Å². The van der Waals surface area contributed by atoms with Gasteiger partial charge in [0.25, 0.3) is 5.91 Å². The van der Waals surface area contributed by atoms with Crippen molar-refractivity contribution in [2.24, 2.45) is 0 Å². The summed E-state index contributed by atoms with van der Waals surface area (Å²) < 4.78 is 0. The Hall–Kier alpha value is -3.29. The summed E-state index contributed by atoms with van der Waals surface area (Å²) in [4.78, 5) is 42.5. The third-order valence-corrected chi connectivity index (χ3v) is 6.46. The normalized spacial score (nSPS) is 15.2. The van der Waals surface area contributed by atoms with Crippen molar-refractivity contribution in [3.05, 3.63) is 88.1 Å². The summed E-state index contributed by atoms with van der Waals surface area (Å²) in [6, 6.07) is 19.9. The summed E-state index contributed by atoms with van der Waals surface area (Å²) in [5.41, 5.74) is 2.04. The van der Waals surface area contributed by atoms with Crippen molar-refractivity contribution in [1.29, 1.82) is 0 Å². The van der Waals surface area contributed by atoms with Gasteiger partial charge in [-0.05, 0) is 36.1 Å². The predicted octanol–water partition coefficient (Wildman–Crippen LogP) is 4.09. The zero-order valence-electron chi connectivity index (χ0n) is 17.9. The Morgan fingerprint density at radius 2 is 1.66 bits per heavy atom. The summed E-state index contributed by atoms with van der Waals surface area (Å²) in [7, 11) is 0. The van der Waals surface area contributed by atoms with Gasteiger partial charge < -0.3 is 10.2 Å². The van der Waals surface area contributed by atoms with E-state index >= 15 is 0 Å². The highest BCUT2D eigenvalue weighted by Gasteiger charge is 2.32. The van der Waals surface area contributed by atoms with Crippen molar-refractivity contribution in [2.45, 2.75) is 13.0 Å². The summed E-state index contributed by atoms with van der Waals surface area (Å²) in [5, 5.41) is 4.88. The quantitative estimate of drug-likeness (QED) is 0.578. The molecule has 1 aromatic heterocycles. The molecule has 2 aromatic carbocycles. The van der Waals surface area contributed by atoms with E-state index in [-0.39, 0.29) is 17.6 Å². The monoisotopic (exact) mass is 447 g/mol. The van der Waals surface area contributed by atoms with Crippen LogP contribution >= 0.6 is 11.3 Å². The first-order chi connectivity index (χ1) is 15.5. The summed E-state index contributed by atoms with van der Waals surface area (Å²) in [6.07, 6.45) is 0. The van der Waals surface area contributed by atoms with Crippen LogP contribution in [0.1, 0.15) is 38.6 Å². The SMILES string of the molecule is CC(=O)c1cccc(NC(=O)C(c2ccccc2)N2CCN(C(=O)c3cccs3)CC2)c1. The van der Waals surface area contributed by atoms with E-state index < -0.39 is 6.04 Å². The largest absolute Gasteiger partial charge is 0.335 e. The first kappa shape index (κ1) is 21.9. The molecule has 0 radical (unpaired) electrons. The molecule has 0 bridgehead atoms. The lowest BCUT2D eigenvalue weighted by Gasteiger charge is -2.38. The van der Waals surface area contributed by atoms with Crippen molar-refractivity contribution in [3.8, 4) is 0 Å². The van der Waals surface area contributed by atoms with Gasteiger partial charge in [-0.25, -0.2) is 0 Å². The average molecular weight is 448 g/mol. The molecule has 1 aliphatic heterocycles. The number of thiophene rings is 1. The van der Waals surface area contributed by atoms with Crippen molar-refractivity contribution in [2.75, 3.05) is 31.5 Å². The second-order valence-corrected chi connectivity index (χ2v) is 8.69. The van der Waals surface area contributed by atoms with Gasteiger partial charge >= 0.3 is 0 Å². The second-order valence-electron chi connectivity index (χ2n) is 7.74. The molecule has 3 aromatic rings. The molecule has 164 valence electrons. The minimum absolute atomic E-state index is 0.0430. The number of Topliss-reactive ketones (excluding diaryl/α,β-unsaturated/α-hetero) is 1. The van der Waals surface area contributed by atoms with E-state index in [9.17, 15) is 14.4 Å². The van der Waals surface area contributed by atoms with E-state index in [1.54, 1.807) is 24.3 Å². The average Bonchev–Trinajstić information content (AvgIpc) is 3.35. The fourth-order valence-electron chi connectivity index (χ4n) is 3.93. The molecule has 1 saturated heterocycles. The first-order valence-electron chi connectivity index (χ1n) is 10.6. The van der Waals surface area contributed by atoms with Gasteiger partial charge in [0.15, 0.2) is 5.78 Å². The van der Waals surface area contributed by atoms with E-state index in [0.29, 0.717) is 37.4 Å². The Bertz CT molecular complexity index is 1090. The Morgan fingerprint density at radius 3 is 2.31 bits per heavy atom. The number of carbonyl (C=O) groups is 3. The highest BCUT2D eigenvalue weighted by molar-refractivity contribution is 7.12. The zero-order valence-corrected chi connectivity index (χ0v) is 18.7. The highest BCUT2D eigenvalue weighted by Crippen LogP contribution is 2.25. The van der Waals surface area contributed by atoms with Gasteiger partial charge in [0, 0.05) is 37.4 Å². The zero-order chi connectivity index (χ0) is 22.5. The number of piperazine rings is 1. The van der Waals surface area contributed by atoms with Gasteiger partial charge in [-0.15, -0.1) is 11.3 Å². The maximum Gasteiger partial charge on any atom is 0.264 e. The molecule has 4 rings (SSSR count). The molecule has 0 spiro atoms. The van der Waals surface area contributed by atoms with Crippen molar-refractivity contribution >= 4 is 34.6 Å². The minimum atomic E-state index is -0.490. The highest BCUT2D eigenvalue weighted by atomic mass is 32.1. The van der Waals surface area contributed by atoms with Crippen molar-refractivity contribution in [1.82, 2.24) is 9.80 Å². The van der Waals surface area contributed by atoms with Crippen LogP contribution in [0.15, 0.2) is 72.1 Å². The molecular weight excluding hydrogens is 422 g/mol. The van der Waals surface area contributed by atoms with Crippen LogP contribution < -0.4 is 5.32 Å². The van der Waals surface area contributed by atoms with E-state index in [0.717, 1.165) is 10.4 Å². The topological polar surface area (TPSA) is 69.7 Å². The smallest absolute Gasteiger partial charge is 0.264 e. The van der Waals surface area contributed by atoms with Crippen LogP contribution in [0.3, 0.4) is 0 Å². The molecule has 1 atom stereocenters. The number of benzene rings is 2.